The number of ether oxygens (including phenoxy) is 2. The molecule has 0 unspecified atom stereocenters. The molecule has 0 aromatic rings. The van der Waals surface area contributed by atoms with Crippen LogP contribution in [0.2, 0.25) is 0 Å². The van der Waals surface area contributed by atoms with E-state index in [0.29, 0.717) is 17.4 Å². The van der Waals surface area contributed by atoms with Crippen LogP contribution in [-0.4, -0.2) is 18.4 Å². The van der Waals surface area contributed by atoms with E-state index < -0.39 is 0 Å². The molecule has 0 radical (unpaired) electrons. The maximum absolute atomic E-state index is 11.4. The third kappa shape index (κ3) is 2.22. The molecule has 4 aliphatic rings. The SMILES string of the molecule is C=C(C)C(=O)OCOC1(C)C2CC3CC(C2)CC1C3. The van der Waals surface area contributed by atoms with Crippen LogP contribution in [0.1, 0.15) is 46.0 Å². The van der Waals surface area contributed by atoms with Gasteiger partial charge in [-0.2, -0.15) is 0 Å². The van der Waals surface area contributed by atoms with Crippen LogP contribution in [0.3, 0.4) is 0 Å². The van der Waals surface area contributed by atoms with Crippen molar-refractivity contribution in [3.8, 4) is 0 Å². The van der Waals surface area contributed by atoms with Crippen LogP contribution in [0.4, 0.5) is 0 Å². The lowest BCUT2D eigenvalue weighted by molar-refractivity contribution is -0.229. The highest BCUT2D eigenvalue weighted by Gasteiger charge is 2.55. The van der Waals surface area contributed by atoms with Crippen LogP contribution in [0.25, 0.3) is 0 Å². The van der Waals surface area contributed by atoms with Crippen LogP contribution < -0.4 is 0 Å². The van der Waals surface area contributed by atoms with Gasteiger partial charge in [0.25, 0.3) is 0 Å². The van der Waals surface area contributed by atoms with Gasteiger partial charge in [-0.05, 0) is 69.6 Å². The average molecular weight is 264 g/mol. The van der Waals surface area contributed by atoms with Gasteiger partial charge < -0.3 is 9.47 Å². The van der Waals surface area contributed by atoms with Gasteiger partial charge in [0.15, 0.2) is 6.79 Å². The normalized spacial score (nSPS) is 43.3. The molecule has 0 aromatic carbocycles. The van der Waals surface area contributed by atoms with Gasteiger partial charge in [0.05, 0.1) is 5.60 Å². The van der Waals surface area contributed by atoms with Crippen LogP contribution >= 0.6 is 0 Å². The molecule has 4 rings (SSSR count). The van der Waals surface area contributed by atoms with Gasteiger partial charge in [-0.15, -0.1) is 0 Å². The van der Waals surface area contributed by atoms with E-state index in [1.807, 2.05) is 0 Å². The fourth-order valence-corrected chi connectivity index (χ4v) is 4.69. The van der Waals surface area contributed by atoms with Gasteiger partial charge >= 0.3 is 5.97 Å². The zero-order valence-electron chi connectivity index (χ0n) is 12.0. The van der Waals surface area contributed by atoms with Crippen molar-refractivity contribution >= 4 is 5.97 Å². The van der Waals surface area contributed by atoms with Crippen molar-refractivity contribution in [1.29, 1.82) is 0 Å². The van der Waals surface area contributed by atoms with Gasteiger partial charge in [-0.1, -0.05) is 6.58 Å². The summed E-state index contributed by atoms with van der Waals surface area (Å²) in [6.45, 7) is 7.55. The highest BCUT2D eigenvalue weighted by Crippen LogP contribution is 2.59. The maximum Gasteiger partial charge on any atom is 0.335 e. The smallest absolute Gasteiger partial charge is 0.335 e. The Morgan fingerprint density at radius 2 is 1.68 bits per heavy atom. The predicted molar refractivity (Wildman–Crippen MR) is 72.3 cm³/mol. The summed E-state index contributed by atoms with van der Waals surface area (Å²) in [5.41, 5.74) is 0.349. The lowest BCUT2D eigenvalue weighted by atomic mass is 9.50. The van der Waals surface area contributed by atoms with E-state index in [9.17, 15) is 4.79 Å². The van der Waals surface area contributed by atoms with Crippen LogP contribution in [0.15, 0.2) is 12.2 Å². The summed E-state index contributed by atoms with van der Waals surface area (Å²) in [4.78, 5) is 11.4. The first kappa shape index (κ1) is 13.2. The zero-order chi connectivity index (χ0) is 13.6. The largest absolute Gasteiger partial charge is 0.435 e. The second kappa shape index (κ2) is 4.62. The summed E-state index contributed by atoms with van der Waals surface area (Å²) in [7, 11) is 0. The Kier molecular flexibility index (Phi) is 3.20. The maximum atomic E-state index is 11.4. The van der Waals surface area contributed by atoms with Crippen molar-refractivity contribution in [3.63, 3.8) is 0 Å². The second-order valence-electron chi connectivity index (χ2n) is 6.96. The van der Waals surface area contributed by atoms with Crippen molar-refractivity contribution < 1.29 is 14.3 Å². The number of esters is 1. The van der Waals surface area contributed by atoms with E-state index in [4.69, 9.17) is 9.47 Å². The van der Waals surface area contributed by atoms with Crippen molar-refractivity contribution in [3.05, 3.63) is 12.2 Å². The number of carbonyl (C=O) groups is 1. The molecule has 0 spiro atoms. The summed E-state index contributed by atoms with van der Waals surface area (Å²) >= 11 is 0. The molecule has 106 valence electrons. The molecule has 3 heteroatoms. The Morgan fingerprint density at radius 3 is 2.16 bits per heavy atom. The standard InChI is InChI=1S/C16H24O3/c1-10(2)15(17)18-9-19-16(3)13-5-11-4-12(7-13)8-14(16)6-11/h11-14H,1,4-9H2,2-3H3. The second-order valence-corrected chi connectivity index (χ2v) is 6.96. The van der Waals surface area contributed by atoms with E-state index in [1.165, 1.54) is 32.1 Å². The fourth-order valence-electron chi connectivity index (χ4n) is 4.69. The molecule has 4 saturated carbocycles. The number of hydrogen-bond donors (Lipinski definition) is 0. The van der Waals surface area contributed by atoms with E-state index >= 15 is 0 Å². The molecular weight excluding hydrogens is 240 g/mol. The van der Waals surface area contributed by atoms with E-state index in [0.717, 1.165) is 11.8 Å². The molecule has 0 saturated heterocycles. The summed E-state index contributed by atoms with van der Waals surface area (Å²) in [5.74, 6) is 2.82. The molecule has 0 amide bonds. The zero-order valence-corrected chi connectivity index (χ0v) is 12.0. The van der Waals surface area contributed by atoms with E-state index in [-0.39, 0.29) is 18.4 Å². The molecule has 3 nitrogen and oxygen atoms in total. The molecule has 4 aliphatic carbocycles. The Morgan fingerprint density at radius 1 is 1.16 bits per heavy atom. The van der Waals surface area contributed by atoms with Gasteiger partial charge in [-0.25, -0.2) is 4.79 Å². The first-order valence-corrected chi connectivity index (χ1v) is 7.45. The molecular formula is C16H24O3. The Balaban J connectivity index is 1.60. The van der Waals surface area contributed by atoms with Gasteiger partial charge in [0, 0.05) is 5.57 Å². The molecule has 4 fully saturated rings. The Bertz CT molecular complexity index is 371. The lowest BCUT2D eigenvalue weighted by Crippen LogP contribution is -2.57. The summed E-state index contributed by atoms with van der Waals surface area (Å²) in [6, 6.07) is 0. The number of hydrogen-bond acceptors (Lipinski definition) is 3. The molecule has 0 aromatic heterocycles. The topological polar surface area (TPSA) is 35.5 Å². The van der Waals surface area contributed by atoms with Crippen LogP contribution in [0, 0.1) is 23.7 Å². The van der Waals surface area contributed by atoms with Gasteiger partial charge in [-0.3, -0.25) is 0 Å². The molecule has 4 bridgehead atoms. The molecule has 0 heterocycles. The third-order valence-electron chi connectivity index (χ3n) is 5.67. The third-order valence-corrected chi connectivity index (χ3v) is 5.67. The fraction of sp³-hybridized carbons (Fsp3) is 0.812. The minimum atomic E-state index is -0.354. The first-order valence-electron chi connectivity index (χ1n) is 7.45. The van der Waals surface area contributed by atoms with E-state index in [1.54, 1.807) is 6.92 Å². The number of rotatable bonds is 4. The average Bonchev–Trinajstić information content (AvgIpc) is 2.35. The Hall–Kier alpha value is -0.830. The number of carbonyl (C=O) groups excluding carboxylic acids is 1. The molecule has 0 atom stereocenters. The molecule has 0 aliphatic heterocycles. The van der Waals surface area contributed by atoms with Crippen LogP contribution in [-0.2, 0) is 14.3 Å². The lowest BCUT2D eigenvalue weighted by Gasteiger charge is -2.59. The summed E-state index contributed by atoms with van der Waals surface area (Å²) in [5, 5.41) is 0. The van der Waals surface area contributed by atoms with Crippen molar-refractivity contribution in [2.75, 3.05) is 6.79 Å². The molecule has 0 N–H and O–H groups in total. The highest BCUT2D eigenvalue weighted by molar-refractivity contribution is 5.86. The molecule has 19 heavy (non-hydrogen) atoms. The quantitative estimate of drug-likeness (QED) is 0.444. The van der Waals surface area contributed by atoms with Crippen molar-refractivity contribution in [1.82, 2.24) is 0 Å². The van der Waals surface area contributed by atoms with Gasteiger partial charge in [0.1, 0.15) is 0 Å². The predicted octanol–water partition coefficient (Wildman–Crippen LogP) is 3.29. The minimum absolute atomic E-state index is 0.0739. The van der Waals surface area contributed by atoms with Crippen LogP contribution in [0.5, 0.6) is 0 Å². The minimum Gasteiger partial charge on any atom is -0.435 e. The monoisotopic (exact) mass is 264 g/mol. The highest BCUT2D eigenvalue weighted by atomic mass is 16.7. The summed E-state index contributed by atoms with van der Waals surface area (Å²) < 4.78 is 11.2. The van der Waals surface area contributed by atoms with Crippen molar-refractivity contribution in [2.24, 2.45) is 23.7 Å². The van der Waals surface area contributed by atoms with E-state index in [2.05, 4.69) is 13.5 Å². The van der Waals surface area contributed by atoms with Crippen molar-refractivity contribution in [2.45, 2.75) is 51.6 Å². The summed E-state index contributed by atoms with van der Waals surface area (Å²) in [6.07, 6.45) is 6.65. The van der Waals surface area contributed by atoms with Gasteiger partial charge in [0.2, 0.25) is 0 Å². The first-order chi connectivity index (χ1) is 8.99. The Labute approximate surface area is 115 Å².